The first-order chi connectivity index (χ1) is 9.63. The van der Waals surface area contributed by atoms with Crippen molar-refractivity contribution in [3.8, 4) is 0 Å². The molecule has 1 aromatic carbocycles. The number of thiophene rings is 1. The third kappa shape index (κ3) is 2.59. The van der Waals surface area contributed by atoms with E-state index >= 15 is 0 Å². The Morgan fingerprint density at radius 3 is 2.90 bits per heavy atom. The van der Waals surface area contributed by atoms with Crippen molar-refractivity contribution in [1.82, 2.24) is 4.37 Å². The summed E-state index contributed by atoms with van der Waals surface area (Å²) in [5, 5.41) is 7.06. The third-order valence-corrected chi connectivity index (χ3v) is 5.15. The summed E-state index contributed by atoms with van der Waals surface area (Å²) in [4.78, 5) is 12.1. The highest BCUT2D eigenvalue weighted by molar-refractivity contribution is 7.17. The molecule has 2 aromatic heterocycles. The fourth-order valence-electron chi connectivity index (χ4n) is 2.01. The molecule has 0 radical (unpaired) electrons. The molecule has 3 aromatic rings. The zero-order chi connectivity index (χ0) is 14.1. The minimum Gasteiger partial charge on any atom is -0.316 e. The predicted molar refractivity (Wildman–Crippen MR) is 85.7 cm³/mol. The van der Waals surface area contributed by atoms with Crippen LogP contribution in [0.5, 0.6) is 0 Å². The van der Waals surface area contributed by atoms with Gasteiger partial charge in [0.2, 0.25) is 5.91 Å². The van der Waals surface area contributed by atoms with Crippen LogP contribution in [0.4, 0.5) is 5.00 Å². The molecule has 2 heterocycles. The standard InChI is InChI=1S/C15H14N2OS2/c1-9-10(2)17-20-15(9)16-14(18)8-11-3-4-13-12(7-11)5-6-19-13/h3-7H,8H2,1-2H3,(H,16,18). The van der Waals surface area contributed by atoms with Crippen molar-refractivity contribution in [2.75, 3.05) is 5.32 Å². The molecule has 0 aliphatic rings. The number of fused-ring (bicyclic) bond motifs is 1. The summed E-state index contributed by atoms with van der Waals surface area (Å²) in [6.45, 7) is 3.93. The van der Waals surface area contributed by atoms with E-state index in [1.54, 1.807) is 11.3 Å². The van der Waals surface area contributed by atoms with Gasteiger partial charge in [-0.15, -0.1) is 11.3 Å². The van der Waals surface area contributed by atoms with Crippen molar-refractivity contribution in [3.05, 3.63) is 46.5 Å². The first-order valence-corrected chi connectivity index (χ1v) is 7.97. The topological polar surface area (TPSA) is 42.0 Å². The van der Waals surface area contributed by atoms with Crippen LogP contribution in [-0.4, -0.2) is 10.3 Å². The van der Waals surface area contributed by atoms with E-state index in [1.807, 2.05) is 19.9 Å². The molecule has 0 spiro atoms. The number of carbonyl (C=O) groups is 1. The second kappa shape index (κ2) is 5.34. The Morgan fingerprint density at radius 2 is 2.15 bits per heavy atom. The quantitative estimate of drug-likeness (QED) is 0.789. The number of anilines is 1. The van der Waals surface area contributed by atoms with Gasteiger partial charge in [-0.3, -0.25) is 4.79 Å². The number of aryl methyl sites for hydroxylation is 1. The van der Waals surface area contributed by atoms with E-state index in [0.717, 1.165) is 21.8 Å². The molecule has 0 fully saturated rings. The molecule has 3 nitrogen and oxygen atoms in total. The molecular formula is C15H14N2OS2. The molecule has 0 aliphatic carbocycles. The van der Waals surface area contributed by atoms with Crippen LogP contribution >= 0.6 is 22.9 Å². The maximum Gasteiger partial charge on any atom is 0.229 e. The lowest BCUT2D eigenvalue weighted by Crippen LogP contribution is -2.14. The summed E-state index contributed by atoms with van der Waals surface area (Å²) >= 11 is 3.05. The number of hydrogen-bond donors (Lipinski definition) is 1. The first-order valence-electron chi connectivity index (χ1n) is 6.32. The number of aromatic nitrogens is 1. The number of benzene rings is 1. The van der Waals surface area contributed by atoms with Crippen LogP contribution in [0.25, 0.3) is 10.1 Å². The molecule has 0 atom stereocenters. The van der Waals surface area contributed by atoms with E-state index in [4.69, 9.17) is 0 Å². The Kier molecular flexibility index (Phi) is 3.54. The van der Waals surface area contributed by atoms with Crippen LogP contribution in [0.15, 0.2) is 29.6 Å². The van der Waals surface area contributed by atoms with Gasteiger partial charge in [-0.05, 0) is 59.9 Å². The van der Waals surface area contributed by atoms with Crippen molar-refractivity contribution >= 4 is 43.9 Å². The van der Waals surface area contributed by atoms with Crippen molar-refractivity contribution in [2.24, 2.45) is 0 Å². The maximum atomic E-state index is 12.1. The van der Waals surface area contributed by atoms with Gasteiger partial charge in [0.1, 0.15) is 5.00 Å². The van der Waals surface area contributed by atoms with Crippen molar-refractivity contribution in [2.45, 2.75) is 20.3 Å². The molecule has 102 valence electrons. The molecule has 20 heavy (non-hydrogen) atoms. The van der Waals surface area contributed by atoms with Crippen LogP contribution in [0.3, 0.4) is 0 Å². The number of nitrogens with one attached hydrogen (secondary N) is 1. The largest absolute Gasteiger partial charge is 0.316 e. The summed E-state index contributed by atoms with van der Waals surface area (Å²) in [5.41, 5.74) is 3.06. The lowest BCUT2D eigenvalue weighted by atomic mass is 10.1. The molecule has 0 saturated heterocycles. The van der Waals surface area contributed by atoms with Crippen molar-refractivity contribution in [3.63, 3.8) is 0 Å². The van der Waals surface area contributed by atoms with Crippen LogP contribution in [-0.2, 0) is 11.2 Å². The van der Waals surface area contributed by atoms with Gasteiger partial charge in [0.15, 0.2) is 0 Å². The van der Waals surface area contributed by atoms with Gasteiger partial charge in [-0.1, -0.05) is 6.07 Å². The van der Waals surface area contributed by atoms with Gasteiger partial charge in [0.25, 0.3) is 0 Å². The summed E-state index contributed by atoms with van der Waals surface area (Å²) in [6, 6.07) is 8.25. The minimum absolute atomic E-state index is 0.00586. The summed E-state index contributed by atoms with van der Waals surface area (Å²) < 4.78 is 5.49. The number of hydrogen-bond acceptors (Lipinski definition) is 4. The molecule has 0 aliphatic heterocycles. The lowest BCUT2D eigenvalue weighted by Gasteiger charge is -2.04. The average molecular weight is 302 g/mol. The van der Waals surface area contributed by atoms with Gasteiger partial charge < -0.3 is 5.32 Å². The van der Waals surface area contributed by atoms with Crippen LogP contribution in [0.1, 0.15) is 16.8 Å². The number of carbonyl (C=O) groups excluding carboxylic acids is 1. The summed E-state index contributed by atoms with van der Waals surface area (Å²) in [7, 11) is 0. The van der Waals surface area contributed by atoms with E-state index < -0.39 is 0 Å². The van der Waals surface area contributed by atoms with E-state index in [-0.39, 0.29) is 5.91 Å². The SMILES string of the molecule is Cc1nsc(NC(=O)Cc2ccc3sccc3c2)c1C. The van der Waals surface area contributed by atoms with Crippen LogP contribution < -0.4 is 5.32 Å². The highest BCUT2D eigenvalue weighted by Crippen LogP contribution is 2.24. The zero-order valence-electron chi connectivity index (χ0n) is 11.3. The normalized spacial score (nSPS) is 10.9. The Hall–Kier alpha value is -1.72. The highest BCUT2D eigenvalue weighted by Gasteiger charge is 2.10. The molecule has 1 N–H and O–H groups in total. The number of amides is 1. The Morgan fingerprint density at radius 1 is 1.30 bits per heavy atom. The first kappa shape index (κ1) is 13.3. The van der Waals surface area contributed by atoms with E-state index in [2.05, 4.69) is 33.3 Å². The molecular weight excluding hydrogens is 288 g/mol. The monoisotopic (exact) mass is 302 g/mol. The molecule has 0 unspecified atom stereocenters. The van der Waals surface area contributed by atoms with Gasteiger partial charge in [0.05, 0.1) is 12.1 Å². The third-order valence-electron chi connectivity index (χ3n) is 3.29. The van der Waals surface area contributed by atoms with Gasteiger partial charge in [-0.25, -0.2) is 0 Å². The van der Waals surface area contributed by atoms with Crippen LogP contribution in [0, 0.1) is 13.8 Å². The maximum absolute atomic E-state index is 12.1. The predicted octanol–water partition coefficient (Wildman–Crippen LogP) is 4.16. The molecule has 0 bridgehead atoms. The highest BCUT2D eigenvalue weighted by atomic mass is 32.1. The summed E-state index contributed by atoms with van der Waals surface area (Å²) in [5.74, 6) is 0.00586. The Balaban J connectivity index is 1.73. The zero-order valence-corrected chi connectivity index (χ0v) is 12.9. The second-order valence-electron chi connectivity index (χ2n) is 4.74. The minimum atomic E-state index is 0.00586. The summed E-state index contributed by atoms with van der Waals surface area (Å²) in [6.07, 6.45) is 0.391. The molecule has 1 amide bonds. The van der Waals surface area contributed by atoms with Crippen molar-refractivity contribution < 1.29 is 4.79 Å². The average Bonchev–Trinajstić information content (AvgIpc) is 3.00. The van der Waals surface area contributed by atoms with Gasteiger partial charge >= 0.3 is 0 Å². The van der Waals surface area contributed by atoms with E-state index in [0.29, 0.717) is 6.42 Å². The van der Waals surface area contributed by atoms with Crippen LogP contribution in [0.2, 0.25) is 0 Å². The van der Waals surface area contributed by atoms with Gasteiger partial charge in [-0.2, -0.15) is 4.37 Å². The fourth-order valence-corrected chi connectivity index (χ4v) is 3.59. The van der Waals surface area contributed by atoms with Crippen molar-refractivity contribution in [1.29, 1.82) is 0 Å². The van der Waals surface area contributed by atoms with Gasteiger partial charge in [0, 0.05) is 10.3 Å². The smallest absolute Gasteiger partial charge is 0.229 e. The van der Waals surface area contributed by atoms with E-state index in [9.17, 15) is 4.79 Å². The lowest BCUT2D eigenvalue weighted by molar-refractivity contribution is -0.115. The number of nitrogens with zero attached hydrogens (tertiary/aromatic N) is 1. The van der Waals surface area contributed by atoms with E-state index in [1.165, 1.54) is 21.6 Å². The molecule has 0 saturated carbocycles. The Bertz CT molecular complexity index is 773. The molecule has 5 heteroatoms. The second-order valence-corrected chi connectivity index (χ2v) is 6.46. The molecule has 3 rings (SSSR count). The Labute approximate surface area is 125 Å². The number of rotatable bonds is 3. The fraction of sp³-hybridized carbons (Fsp3) is 0.200.